The smallest absolute Gasteiger partial charge is 0.323 e. The minimum Gasteiger partial charge on any atom is -0.464 e. The molecule has 7 nitrogen and oxygen atoms in total. The molecule has 0 radical (unpaired) electrons. The van der Waals surface area contributed by atoms with Gasteiger partial charge in [0.05, 0.1) is 13.2 Å². The van der Waals surface area contributed by atoms with E-state index in [0.29, 0.717) is 31.1 Å². The lowest BCUT2D eigenvalue weighted by atomic mass is 9.87. The molecular formula is C14H25N5O2. The number of aromatic nitrogens is 3. The summed E-state index contributed by atoms with van der Waals surface area (Å²) in [5.41, 5.74) is -0.0449. The van der Waals surface area contributed by atoms with Crippen molar-refractivity contribution in [1.29, 1.82) is 0 Å². The third-order valence-corrected chi connectivity index (χ3v) is 3.84. The Labute approximate surface area is 125 Å². The molecule has 1 heterocycles. The fraction of sp³-hybridized carbons (Fsp3) is 0.786. The van der Waals surface area contributed by atoms with Crippen LogP contribution in [0.5, 0.6) is 6.01 Å². The first kappa shape index (κ1) is 15.8. The third kappa shape index (κ3) is 4.17. The quantitative estimate of drug-likeness (QED) is 0.671. The van der Waals surface area contributed by atoms with Gasteiger partial charge >= 0.3 is 6.01 Å². The van der Waals surface area contributed by atoms with Crippen LogP contribution < -0.4 is 15.4 Å². The second kappa shape index (κ2) is 7.40. The Morgan fingerprint density at radius 2 is 1.76 bits per heavy atom. The van der Waals surface area contributed by atoms with Crippen molar-refractivity contribution in [2.24, 2.45) is 5.41 Å². The van der Waals surface area contributed by atoms with E-state index in [2.05, 4.69) is 25.6 Å². The van der Waals surface area contributed by atoms with E-state index in [1.807, 2.05) is 13.8 Å². The fourth-order valence-corrected chi connectivity index (χ4v) is 2.65. The average Bonchev–Trinajstić information content (AvgIpc) is 2.95. The molecule has 0 aromatic carbocycles. The lowest BCUT2D eigenvalue weighted by molar-refractivity contribution is 0.142. The van der Waals surface area contributed by atoms with E-state index in [1.165, 1.54) is 12.8 Å². The van der Waals surface area contributed by atoms with Crippen LogP contribution in [0.2, 0.25) is 0 Å². The summed E-state index contributed by atoms with van der Waals surface area (Å²) >= 11 is 0. The molecular weight excluding hydrogens is 270 g/mol. The van der Waals surface area contributed by atoms with Crippen molar-refractivity contribution in [3.63, 3.8) is 0 Å². The molecule has 1 aromatic heterocycles. The second-order valence-corrected chi connectivity index (χ2v) is 5.45. The lowest BCUT2D eigenvalue weighted by Crippen LogP contribution is -2.31. The number of rotatable bonds is 8. The minimum atomic E-state index is -0.0449. The number of aliphatic hydroxyl groups is 1. The molecule has 1 saturated carbocycles. The largest absolute Gasteiger partial charge is 0.464 e. The Bertz CT molecular complexity index is 425. The summed E-state index contributed by atoms with van der Waals surface area (Å²) in [4.78, 5) is 12.8. The van der Waals surface area contributed by atoms with Crippen LogP contribution in [0.4, 0.5) is 11.9 Å². The molecule has 118 valence electrons. The zero-order valence-corrected chi connectivity index (χ0v) is 12.9. The third-order valence-electron chi connectivity index (χ3n) is 3.84. The van der Waals surface area contributed by atoms with Crippen LogP contribution in [0, 0.1) is 5.41 Å². The highest BCUT2D eigenvalue weighted by Gasteiger charge is 2.33. The molecule has 0 aliphatic heterocycles. The number of ether oxygens (including phenoxy) is 1. The van der Waals surface area contributed by atoms with Gasteiger partial charge in [-0.1, -0.05) is 12.8 Å². The summed E-state index contributed by atoms with van der Waals surface area (Å²) in [5, 5.41) is 15.9. The summed E-state index contributed by atoms with van der Waals surface area (Å²) in [5.74, 6) is 0.993. The summed E-state index contributed by atoms with van der Waals surface area (Å²) in [7, 11) is 0. The zero-order valence-electron chi connectivity index (χ0n) is 12.9. The standard InChI is InChI=1S/C14H25N5O2/c1-3-15-11-17-12(19-13(18-11)21-4-2)16-9-14(10-20)7-5-6-8-14/h20H,3-10H2,1-2H3,(H2,15,16,17,18,19). The van der Waals surface area contributed by atoms with Crippen molar-refractivity contribution in [3.8, 4) is 6.01 Å². The monoisotopic (exact) mass is 295 g/mol. The minimum absolute atomic E-state index is 0.0449. The van der Waals surface area contributed by atoms with E-state index in [9.17, 15) is 5.11 Å². The normalized spacial score (nSPS) is 16.7. The fourth-order valence-electron chi connectivity index (χ4n) is 2.65. The Morgan fingerprint density at radius 3 is 2.33 bits per heavy atom. The van der Waals surface area contributed by atoms with Crippen molar-refractivity contribution in [3.05, 3.63) is 0 Å². The van der Waals surface area contributed by atoms with Gasteiger partial charge in [0.25, 0.3) is 0 Å². The highest BCUT2D eigenvalue weighted by atomic mass is 16.5. The Hall–Kier alpha value is -1.63. The molecule has 1 aliphatic rings. The summed E-state index contributed by atoms with van der Waals surface area (Å²) in [6.07, 6.45) is 4.43. The lowest BCUT2D eigenvalue weighted by Gasteiger charge is -2.26. The van der Waals surface area contributed by atoms with Gasteiger partial charge in [-0.05, 0) is 26.7 Å². The number of nitrogens with one attached hydrogen (secondary N) is 2. The first-order valence-electron chi connectivity index (χ1n) is 7.69. The number of hydrogen-bond acceptors (Lipinski definition) is 7. The Morgan fingerprint density at radius 1 is 1.10 bits per heavy atom. The summed E-state index contributed by atoms with van der Waals surface area (Å²) in [6.45, 7) is 5.99. The predicted molar refractivity (Wildman–Crippen MR) is 81.6 cm³/mol. The molecule has 1 aromatic rings. The molecule has 0 amide bonds. The van der Waals surface area contributed by atoms with Gasteiger partial charge in [0.15, 0.2) is 0 Å². The van der Waals surface area contributed by atoms with Gasteiger partial charge in [-0.25, -0.2) is 0 Å². The van der Waals surface area contributed by atoms with Crippen molar-refractivity contribution < 1.29 is 9.84 Å². The van der Waals surface area contributed by atoms with Gasteiger partial charge < -0.3 is 20.5 Å². The summed E-state index contributed by atoms with van der Waals surface area (Å²) < 4.78 is 5.37. The molecule has 1 aliphatic carbocycles. The number of nitrogens with zero attached hydrogens (tertiary/aromatic N) is 3. The average molecular weight is 295 g/mol. The molecule has 0 unspecified atom stereocenters. The number of anilines is 2. The Balaban J connectivity index is 2.07. The van der Waals surface area contributed by atoms with Crippen LogP contribution in [0.1, 0.15) is 39.5 Å². The van der Waals surface area contributed by atoms with Gasteiger partial charge in [0.2, 0.25) is 11.9 Å². The first-order valence-corrected chi connectivity index (χ1v) is 7.69. The van der Waals surface area contributed by atoms with Gasteiger partial charge in [0, 0.05) is 18.5 Å². The SMILES string of the molecule is CCNc1nc(NCC2(CO)CCCC2)nc(OCC)n1. The molecule has 7 heteroatoms. The van der Waals surface area contributed by atoms with E-state index >= 15 is 0 Å². The molecule has 0 spiro atoms. The highest BCUT2D eigenvalue weighted by Crippen LogP contribution is 2.37. The number of hydrogen-bond donors (Lipinski definition) is 3. The first-order chi connectivity index (χ1) is 10.2. The van der Waals surface area contributed by atoms with Gasteiger partial charge in [-0.3, -0.25) is 0 Å². The molecule has 21 heavy (non-hydrogen) atoms. The van der Waals surface area contributed by atoms with Crippen molar-refractivity contribution in [2.75, 3.05) is 36.9 Å². The van der Waals surface area contributed by atoms with Gasteiger partial charge in [0.1, 0.15) is 0 Å². The van der Waals surface area contributed by atoms with Crippen LogP contribution in [0.25, 0.3) is 0 Å². The van der Waals surface area contributed by atoms with Crippen molar-refractivity contribution >= 4 is 11.9 Å². The Kier molecular flexibility index (Phi) is 5.55. The van der Waals surface area contributed by atoms with E-state index in [4.69, 9.17) is 4.74 Å². The van der Waals surface area contributed by atoms with Crippen molar-refractivity contribution in [2.45, 2.75) is 39.5 Å². The molecule has 0 atom stereocenters. The van der Waals surface area contributed by atoms with E-state index < -0.39 is 0 Å². The molecule has 3 N–H and O–H groups in total. The highest BCUT2D eigenvalue weighted by molar-refractivity contribution is 5.36. The van der Waals surface area contributed by atoms with Crippen molar-refractivity contribution in [1.82, 2.24) is 15.0 Å². The molecule has 2 rings (SSSR count). The topological polar surface area (TPSA) is 92.2 Å². The van der Waals surface area contributed by atoms with Gasteiger partial charge in [-0.15, -0.1) is 0 Å². The molecule has 0 bridgehead atoms. The van der Waals surface area contributed by atoms with E-state index in [0.717, 1.165) is 19.4 Å². The second-order valence-electron chi connectivity index (χ2n) is 5.45. The van der Waals surface area contributed by atoms with Crippen LogP contribution in [0.3, 0.4) is 0 Å². The van der Waals surface area contributed by atoms with E-state index in [1.54, 1.807) is 0 Å². The van der Waals surface area contributed by atoms with Crippen LogP contribution in [-0.4, -0.2) is 46.4 Å². The zero-order chi connectivity index (χ0) is 15.1. The van der Waals surface area contributed by atoms with Crippen LogP contribution in [0.15, 0.2) is 0 Å². The predicted octanol–water partition coefficient (Wildman–Crippen LogP) is 1.67. The maximum Gasteiger partial charge on any atom is 0.323 e. The van der Waals surface area contributed by atoms with E-state index in [-0.39, 0.29) is 12.0 Å². The van der Waals surface area contributed by atoms with Gasteiger partial charge in [-0.2, -0.15) is 15.0 Å². The summed E-state index contributed by atoms with van der Waals surface area (Å²) in [6, 6.07) is 0.315. The molecule has 0 saturated heterocycles. The maximum atomic E-state index is 9.64. The van der Waals surface area contributed by atoms with Crippen LogP contribution in [-0.2, 0) is 0 Å². The van der Waals surface area contributed by atoms with Crippen LogP contribution >= 0.6 is 0 Å². The molecule has 1 fully saturated rings. The number of aliphatic hydroxyl groups excluding tert-OH is 1. The maximum absolute atomic E-state index is 9.64.